The number of carboxylic acid groups (broad SMARTS) is 1. The van der Waals surface area contributed by atoms with Gasteiger partial charge in [-0.2, -0.15) is 0 Å². The maximum Gasteiger partial charge on any atom is 0.329 e. The van der Waals surface area contributed by atoms with Crippen LogP contribution in [0.1, 0.15) is 43.0 Å². The van der Waals surface area contributed by atoms with E-state index in [1.54, 1.807) is 6.92 Å². The van der Waals surface area contributed by atoms with Crippen molar-refractivity contribution in [1.29, 1.82) is 0 Å². The van der Waals surface area contributed by atoms with Crippen molar-refractivity contribution in [2.45, 2.75) is 38.1 Å². The quantitative estimate of drug-likeness (QED) is 0.636. The summed E-state index contributed by atoms with van der Waals surface area (Å²) in [6.07, 6.45) is 2.74. The van der Waals surface area contributed by atoms with Crippen LogP contribution in [-0.2, 0) is 4.79 Å². The summed E-state index contributed by atoms with van der Waals surface area (Å²) in [5, 5.41) is 31.3. The number of phenolic OH excluding ortho intramolecular Hbond substituents is 2. The smallest absolute Gasteiger partial charge is 0.329 e. The number of para-hydroxylation sites is 1. The highest BCUT2D eigenvalue weighted by Gasteiger charge is 2.46. The van der Waals surface area contributed by atoms with Crippen LogP contribution < -0.4 is 5.32 Å². The molecule has 2 unspecified atom stereocenters. The molecule has 0 saturated heterocycles. The Morgan fingerprint density at radius 1 is 1.29 bits per heavy atom. The zero-order valence-electron chi connectivity index (χ0n) is 11.8. The van der Waals surface area contributed by atoms with Crippen LogP contribution in [0.5, 0.6) is 11.5 Å². The first-order valence-corrected chi connectivity index (χ1v) is 6.95. The van der Waals surface area contributed by atoms with E-state index in [2.05, 4.69) is 5.32 Å². The predicted octanol–water partition coefficient (Wildman–Crippen LogP) is 1.86. The number of nitrogens with one attached hydrogen (secondary N) is 1. The van der Waals surface area contributed by atoms with Crippen molar-refractivity contribution in [2.24, 2.45) is 5.92 Å². The third-order valence-corrected chi connectivity index (χ3v) is 4.28. The second-order valence-electron chi connectivity index (χ2n) is 5.55. The van der Waals surface area contributed by atoms with E-state index in [4.69, 9.17) is 0 Å². The number of aromatic hydroxyl groups is 2. The van der Waals surface area contributed by atoms with Gasteiger partial charge in [0.1, 0.15) is 5.54 Å². The molecule has 6 nitrogen and oxygen atoms in total. The highest BCUT2D eigenvalue weighted by Crippen LogP contribution is 2.35. The van der Waals surface area contributed by atoms with Crippen LogP contribution in [0.3, 0.4) is 0 Å². The topological polar surface area (TPSA) is 107 Å². The number of amides is 1. The fraction of sp³-hybridized carbons (Fsp3) is 0.467. The summed E-state index contributed by atoms with van der Waals surface area (Å²) in [4.78, 5) is 24.0. The van der Waals surface area contributed by atoms with Gasteiger partial charge >= 0.3 is 5.97 Å². The molecule has 0 aliphatic heterocycles. The van der Waals surface area contributed by atoms with Crippen molar-refractivity contribution < 1.29 is 24.9 Å². The summed E-state index contributed by atoms with van der Waals surface area (Å²) in [5.74, 6) is -2.92. The Kier molecular flexibility index (Phi) is 4.06. The Morgan fingerprint density at radius 3 is 2.62 bits per heavy atom. The number of benzene rings is 1. The number of hydrogen-bond acceptors (Lipinski definition) is 4. The summed E-state index contributed by atoms with van der Waals surface area (Å²) in [7, 11) is 0. The maximum atomic E-state index is 12.3. The standard InChI is InChI=1S/C15H19NO5/c1-9-5-2-3-8-15(9,14(20)21)16-13(19)10-6-4-7-11(17)12(10)18/h4,6-7,9,17-18H,2-3,5,8H2,1H3,(H,16,19)(H,20,21). The van der Waals surface area contributed by atoms with Crippen molar-refractivity contribution in [2.75, 3.05) is 0 Å². The molecule has 0 spiro atoms. The molecule has 4 N–H and O–H groups in total. The Balaban J connectivity index is 2.31. The van der Waals surface area contributed by atoms with Gasteiger partial charge in [0.25, 0.3) is 5.91 Å². The molecule has 0 bridgehead atoms. The van der Waals surface area contributed by atoms with Crippen LogP contribution in [0, 0.1) is 5.92 Å². The van der Waals surface area contributed by atoms with Gasteiger partial charge in [0, 0.05) is 0 Å². The highest BCUT2D eigenvalue weighted by atomic mass is 16.4. The number of hydrogen-bond donors (Lipinski definition) is 4. The van der Waals surface area contributed by atoms with Gasteiger partial charge in [0.2, 0.25) is 0 Å². The van der Waals surface area contributed by atoms with Gasteiger partial charge in [-0.3, -0.25) is 4.79 Å². The zero-order valence-corrected chi connectivity index (χ0v) is 11.8. The minimum atomic E-state index is -1.33. The number of carbonyl (C=O) groups is 2. The summed E-state index contributed by atoms with van der Waals surface area (Å²) >= 11 is 0. The van der Waals surface area contributed by atoms with E-state index in [9.17, 15) is 24.9 Å². The molecule has 21 heavy (non-hydrogen) atoms. The second-order valence-corrected chi connectivity index (χ2v) is 5.55. The lowest BCUT2D eigenvalue weighted by atomic mass is 9.73. The number of phenols is 2. The molecule has 2 rings (SSSR count). The molecule has 0 aromatic heterocycles. The molecular weight excluding hydrogens is 274 g/mol. The Bertz CT molecular complexity index is 571. The van der Waals surface area contributed by atoms with Crippen molar-refractivity contribution >= 4 is 11.9 Å². The summed E-state index contributed by atoms with van der Waals surface area (Å²) in [6.45, 7) is 1.80. The Morgan fingerprint density at radius 2 is 2.00 bits per heavy atom. The van der Waals surface area contributed by atoms with Crippen LogP contribution in [0.25, 0.3) is 0 Å². The van der Waals surface area contributed by atoms with Crippen LogP contribution in [0.15, 0.2) is 18.2 Å². The fourth-order valence-electron chi connectivity index (χ4n) is 2.89. The molecule has 1 fully saturated rings. The molecule has 1 aliphatic rings. The lowest BCUT2D eigenvalue weighted by molar-refractivity contribution is -0.148. The summed E-state index contributed by atoms with van der Waals surface area (Å²) in [5.41, 5.74) is -1.46. The molecule has 1 amide bonds. The molecule has 0 heterocycles. The number of carboxylic acids is 1. The van der Waals surface area contributed by atoms with E-state index in [1.807, 2.05) is 0 Å². The van der Waals surface area contributed by atoms with Crippen LogP contribution >= 0.6 is 0 Å². The van der Waals surface area contributed by atoms with Gasteiger partial charge in [-0.15, -0.1) is 0 Å². The maximum absolute atomic E-state index is 12.3. The molecule has 1 saturated carbocycles. The molecular formula is C15H19NO5. The minimum absolute atomic E-state index is 0.131. The first-order valence-electron chi connectivity index (χ1n) is 6.95. The van der Waals surface area contributed by atoms with Crippen molar-refractivity contribution in [1.82, 2.24) is 5.32 Å². The monoisotopic (exact) mass is 293 g/mol. The Labute approximate surface area is 122 Å². The van der Waals surface area contributed by atoms with E-state index in [-0.39, 0.29) is 11.5 Å². The third-order valence-electron chi connectivity index (χ3n) is 4.28. The minimum Gasteiger partial charge on any atom is -0.504 e. The largest absolute Gasteiger partial charge is 0.504 e. The predicted molar refractivity (Wildman–Crippen MR) is 75.2 cm³/mol. The molecule has 0 radical (unpaired) electrons. The number of rotatable bonds is 3. The summed E-state index contributed by atoms with van der Waals surface area (Å²) in [6, 6.07) is 4.01. The summed E-state index contributed by atoms with van der Waals surface area (Å²) < 4.78 is 0. The lowest BCUT2D eigenvalue weighted by Gasteiger charge is -2.39. The molecule has 114 valence electrons. The Hall–Kier alpha value is -2.24. The number of carbonyl (C=O) groups excluding carboxylic acids is 1. The van der Waals surface area contributed by atoms with E-state index < -0.39 is 28.9 Å². The third kappa shape index (κ3) is 2.66. The zero-order chi connectivity index (χ0) is 15.6. The average molecular weight is 293 g/mol. The molecule has 1 aromatic carbocycles. The SMILES string of the molecule is CC1CCCCC1(NC(=O)c1cccc(O)c1O)C(=O)O. The van der Waals surface area contributed by atoms with Crippen LogP contribution in [-0.4, -0.2) is 32.7 Å². The second kappa shape index (κ2) is 5.63. The number of aliphatic carboxylic acids is 1. The average Bonchev–Trinajstić information content (AvgIpc) is 2.44. The van der Waals surface area contributed by atoms with Crippen molar-refractivity contribution in [3.63, 3.8) is 0 Å². The first kappa shape index (κ1) is 15.2. The normalized spacial score (nSPS) is 25.3. The van der Waals surface area contributed by atoms with Gasteiger partial charge in [-0.25, -0.2) is 4.79 Å². The fourth-order valence-corrected chi connectivity index (χ4v) is 2.89. The van der Waals surface area contributed by atoms with Gasteiger partial charge in [0.05, 0.1) is 5.56 Å². The van der Waals surface area contributed by atoms with Gasteiger partial charge < -0.3 is 20.6 Å². The van der Waals surface area contributed by atoms with E-state index >= 15 is 0 Å². The van der Waals surface area contributed by atoms with E-state index in [0.717, 1.165) is 19.3 Å². The molecule has 1 aliphatic carbocycles. The van der Waals surface area contributed by atoms with E-state index in [0.29, 0.717) is 6.42 Å². The van der Waals surface area contributed by atoms with Gasteiger partial charge in [-0.05, 0) is 30.9 Å². The first-order chi connectivity index (χ1) is 9.88. The van der Waals surface area contributed by atoms with Crippen LogP contribution in [0.4, 0.5) is 0 Å². The lowest BCUT2D eigenvalue weighted by Crippen LogP contribution is -2.60. The molecule has 1 aromatic rings. The van der Waals surface area contributed by atoms with Gasteiger partial charge in [0.15, 0.2) is 11.5 Å². The molecule has 2 atom stereocenters. The van der Waals surface area contributed by atoms with Crippen molar-refractivity contribution in [3.8, 4) is 11.5 Å². The van der Waals surface area contributed by atoms with Crippen LogP contribution in [0.2, 0.25) is 0 Å². The van der Waals surface area contributed by atoms with Crippen molar-refractivity contribution in [3.05, 3.63) is 23.8 Å². The molecule has 6 heteroatoms. The highest BCUT2D eigenvalue weighted by molar-refractivity contribution is 6.00. The van der Waals surface area contributed by atoms with Gasteiger partial charge in [-0.1, -0.05) is 25.8 Å². The van der Waals surface area contributed by atoms with E-state index in [1.165, 1.54) is 18.2 Å².